The van der Waals surface area contributed by atoms with E-state index in [9.17, 15) is 4.79 Å². The van der Waals surface area contributed by atoms with Crippen molar-refractivity contribution in [2.75, 3.05) is 13.2 Å². The molecule has 3 nitrogen and oxygen atoms in total. The van der Waals surface area contributed by atoms with Crippen LogP contribution in [0.3, 0.4) is 0 Å². The van der Waals surface area contributed by atoms with Crippen LogP contribution in [0.2, 0.25) is 0 Å². The second kappa shape index (κ2) is 7.69. The topological polar surface area (TPSA) is 46.5 Å². The molecule has 0 radical (unpaired) electrons. The normalized spacial score (nSPS) is 17.9. The third-order valence-electron chi connectivity index (χ3n) is 3.01. The Balaban J connectivity index is 1.85. The monoisotopic (exact) mass is 214 g/mol. The molecule has 0 heterocycles. The van der Waals surface area contributed by atoms with Gasteiger partial charge < -0.3 is 9.84 Å². The summed E-state index contributed by atoms with van der Waals surface area (Å²) in [6.45, 7) is 1.61. The molecule has 1 fully saturated rings. The van der Waals surface area contributed by atoms with Crippen molar-refractivity contribution < 1.29 is 14.6 Å². The summed E-state index contributed by atoms with van der Waals surface area (Å²) < 4.78 is 5.56. The summed E-state index contributed by atoms with van der Waals surface area (Å²) in [5.74, 6) is 0.0560. The number of rotatable bonds is 7. The second-order valence-corrected chi connectivity index (χ2v) is 4.43. The minimum Gasteiger partial charge on any atom is -0.481 e. The van der Waals surface area contributed by atoms with Crippen molar-refractivity contribution in [1.29, 1.82) is 0 Å². The van der Waals surface area contributed by atoms with E-state index in [2.05, 4.69) is 0 Å². The van der Waals surface area contributed by atoms with Crippen LogP contribution in [0, 0.1) is 5.92 Å². The van der Waals surface area contributed by atoms with Crippen molar-refractivity contribution in [2.24, 2.45) is 5.92 Å². The van der Waals surface area contributed by atoms with Gasteiger partial charge in [0.15, 0.2) is 0 Å². The van der Waals surface area contributed by atoms with Crippen LogP contribution in [-0.2, 0) is 9.53 Å². The molecule has 0 bridgehead atoms. The summed E-state index contributed by atoms with van der Waals surface area (Å²) in [5, 5.41) is 8.43. The summed E-state index contributed by atoms with van der Waals surface area (Å²) in [6.07, 6.45) is 8.60. The minimum absolute atomic E-state index is 0.271. The zero-order valence-electron chi connectivity index (χ0n) is 9.41. The van der Waals surface area contributed by atoms with E-state index < -0.39 is 5.97 Å². The zero-order valence-corrected chi connectivity index (χ0v) is 9.41. The average molecular weight is 214 g/mol. The fourth-order valence-corrected chi connectivity index (χ4v) is 2.08. The van der Waals surface area contributed by atoms with E-state index in [1.165, 1.54) is 32.1 Å². The molecule has 1 rings (SSSR count). The van der Waals surface area contributed by atoms with Gasteiger partial charge in [-0.15, -0.1) is 0 Å². The summed E-state index contributed by atoms with van der Waals surface area (Å²) in [5.41, 5.74) is 0. The van der Waals surface area contributed by atoms with Crippen molar-refractivity contribution in [3.8, 4) is 0 Å². The van der Waals surface area contributed by atoms with Gasteiger partial charge in [-0.2, -0.15) is 0 Å². The fourth-order valence-electron chi connectivity index (χ4n) is 2.08. The van der Waals surface area contributed by atoms with E-state index in [1.54, 1.807) is 0 Å². The number of carbonyl (C=O) groups is 1. The quantitative estimate of drug-likeness (QED) is 0.663. The Kier molecular flexibility index (Phi) is 6.41. The maximum absolute atomic E-state index is 10.2. The molecule has 1 N–H and O–H groups in total. The average Bonchev–Trinajstić information content (AvgIpc) is 2.24. The molecule has 1 aliphatic carbocycles. The minimum atomic E-state index is -0.706. The number of hydrogen-bond acceptors (Lipinski definition) is 2. The van der Waals surface area contributed by atoms with Gasteiger partial charge in [-0.3, -0.25) is 4.79 Å². The first kappa shape index (κ1) is 12.5. The maximum Gasteiger partial charge on any atom is 0.303 e. The van der Waals surface area contributed by atoms with Gasteiger partial charge in [-0.25, -0.2) is 0 Å². The van der Waals surface area contributed by atoms with Crippen LogP contribution in [0.4, 0.5) is 0 Å². The Bertz CT molecular complexity index is 174. The van der Waals surface area contributed by atoms with Crippen molar-refractivity contribution in [3.63, 3.8) is 0 Å². The molecule has 0 aromatic rings. The van der Waals surface area contributed by atoms with Crippen molar-refractivity contribution >= 4 is 5.97 Å². The molecule has 15 heavy (non-hydrogen) atoms. The standard InChI is InChI=1S/C12H22O3/c13-12(14)8-4-5-9-15-10-11-6-2-1-3-7-11/h11H,1-10H2,(H,13,14). The van der Waals surface area contributed by atoms with Crippen LogP contribution in [0.15, 0.2) is 0 Å². The van der Waals surface area contributed by atoms with Crippen molar-refractivity contribution in [3.05, 3.63) is 0 Å². The van der Waals surface area contributed by atoms with Crippen LogP contribution in [0.5, 0.6) is 0 Å². The molecular weight excluding hydrogens is 192 g/mol. The van der Waals surface area contributed by atoms with Crippen molar-refractivity contribution in [2.45, 2.75) is 51.4 Å². The highest BCUT2D eigenvalue weighted by Crippen LogP contribution is 2.23. The number of hydrogen-bond donors (Lipinski definition) is 1. The van der Waals surface area contributed by atoms with Gasteiger partial charge in [0.05, 0.1) is 0 Å². The fraction of sp³-hybridized carbons (Fsp3) is 0.917. The number of aliphatic carboxylic acids is 1. The Morgan fingerprint density at radius 3 is 2.60 bits per heavy atom. The first-order chi connectivity index (χ1) is 7.29. The maximum atomic E-state index is 10.2. The Hall–Kier alpha value is -0.570. The summed E-state index contributed by atoms with van der Waals surface area (Å²) in [4.78, 5) is 10.2. The lowest BCUT2D eigenvalue weighted by molar-refractivity contribution is -0.137. The molecule has 88 valence electrons. The summed E-state index contributed by atoms with van der Waals surface area (Å²) in [6, 6.07) is 0. The molecule has 1 saturated carbocycles. The highest BCUT2D eigenvalue weighted by Gasteiger charge is 2.12. The predicted octanol–water partition coefficient (Wildman–Crippen LogP) is 2.84. The molecule has 0 aromatic carbocycles. The lowest BCUT2D eigenvalue weighted by Gasteiger charge is -2.21. The van der Waals surface area contributed by atoms with Gasteiger partial charge in [0.25, 0.3) is 0 Å². The molecule has 0 atom stereocenters. The largest absolute Gasteiger partial charge is 0.481 e. The summed E-state index contributed by atoms with van der Waals surface area (Å²) >= 11 is 0. The van der Waals surface area contributed by atoms with Crippen LogP contribution < -0.4 is 0 Å². The number of unbranched alkanes of at least 4 members (excludes halogenated alkanes) is 1. The van der Waals surface area contributed by atoms with E-state index in [4.69, 9.17) is 9.84 Å². The van der Waals surface area contributed by atoms with Crippen LogP contribution in [0.1, 0.15) is 51.4 Å². The van der Waals surface area contributed by atoms with Gasteiger partial charge in [0.2, 0.25) is 0 Å². The smallest absolute Gasteiger partial charge is 0.303 e. The van der Waals surface area contributed by atoms with Crippen LogP contribution in [-0.4, -0.2) is 24.3 Å². The van der Waals surface area contributed by atoms with E-state index in [0.29, 0.717) is 0 Å². The van der Waals surface area contributed by atoms with Gasteiger partial charge >= 0.3 is 5.97 Å². The SMILES string of the molecule is O=C(O)CCCCOCC1CCCCC1. The van der Waals surface area contributed by atoms with E-state index in [0.717, 1.165) is 32.0 Å². The Morgan fingerprint density at radius 1 is 1.20 bits per heavy atom. The van der Waals surface area contributed by atoms with Gasteiger partial charge in [-0.1, -0.05) is 19.3 Å². The number of ether oxygens (including phenoxy) is 1. The van der Waals surface area contributed by atoms with Crippen LogP contribution in [0.25, 0.3) is 0 Å². The zero-order chi connectivity index (χ0) is 10.9. The lowest BCUT2D eigenvalue weighted by Crippen LogP contribution is -2.13. The van der Waals surface area contributed by atoms with Gasteiger partial charge in [0, 0.05) is 19.6 Å². The molecule has 0 amide bonds. The van der Waals surface area contributed by atoms with Gasteiger partial charge in [0.1, 0.15) is 0 Å². The molecular formula is C12H22O3. The predicted molar refractivity (Wildman–Crippen MR) is 58.9 cm³/mol. The number of carboxylic acids is 1. The van der Waals surface area contributed by atoms with E-state index >= 15 is 0 Å². The molecule has 1 aliphatic rings. The first-order valence-electron chi connectivity index (χ1n) is 6.08. The Morgan fingerprint density at radius 2 is 1.93 bits per heavy atom. The highest BCUT2D eigenvalue weighted by molar-refractivity contribution is 5.66. The molecule has 0 saturated heterocycles. The molecule has 3 heteroatoms. The third-order valence-corrected chi connectivity index (χ3v) is 3.01. The van der Waals surface area contributed by atoms with Crippen LogP contribution >= 0.6 is 0 Å². The van der Waals surface area contributed by atoms with Gasteiger partial charge in [-0.05, 0) is 31.6 Å². The second-order valence-electron chi connectivity index (χ2n) is 4.43. The van der Waals surface area contributed by atoms with E-state index in [1.807, 2.05) is 0 Å². The molecule has 0 aromatic heterocycles. The third kappa shape index (κ3) is 6.50. The lowest BCUT2D eigenvalue weighted by atomic mass is 9.90. The summed E-state index contributed by atoms with van der Waals surface area (Å²) in [7, 11) is 0. The highest BCUT2D eigenvalue weighted by atomic mass is 16.5. The Labute approximate surface area is 91.8 Å². The van der Waals surface area contributed by atoms with E-state index in [-0.39, 0.29) is 6.42 Å². The van der Waals surface area contributed by atoms with Crippen molar-refractivity contribution in [1.82, 2.24) is 0 Å². The first-order valence-corrected chi connectivity index (χ1v) is 6.08. The number of carboxylic acid groups (broad SMARTS) is 1. The molecule has 0 unspecified atom stereocenters. The molecule has 0 spiro atoms. The molecule has 0 aliphatic heterocycles.